The minimum Gasteiger partial charge on any atom is -0.494 e. The Hall–Kier alpha value is -3.53. The summed E-state index contributed by atoms with van der Waals surface area (Å²) in [7, 11) is 0. The van der Waals surface area contributed by atoms with Gasteiger partial charge in [-0.15, -0.1) is 0 Å². The molecular weight excluding hydrogens is 408 g/mol. The molecule has 0 saturated carbocycles. The maximum atomic E-state index is 13.6. The number of ether oxygens (including phenoxy) is 1. The van der Waals surface area contributed by atoms with Crippen LogP contribution in [0.25, 0.3) is 0 Å². The quantitative estimate of drug-likeness (QED) is 0.462. The summed E-state index contributed by atoms with van der Waals surface area (Å²) in [6, 6.07) is 24.7. The molecule has 1 heterocycles. The van der Waals surface area contributed by atoms with Gasteiger partial charge in [0.25, 0.3) is 0 Å². The van der Waals surface area contributed by atoms with Crippen LogP contribution in [0.15, 0.2) is 84.1 Å². The van der Waals surface area contributed by atoms with Crippen LogP contribution in [0, 0.1) is 6.92 Å². The zero-order chi connectivity index (χ0) is 22.8. The fourth-order valence-electron chi connectivity index (χ4n) is 4.79. The number of benzene rings is 3. The average molecular weight is 439 g/mol. The Morgan fingerprint density at radius 1 is 0.879 bits per heavy atom. The molecule has 0 unspecified atom stereocenters. The third kappa shape index (κ3) is 4.38. The van der Waals surface area contributed by atoms with Gasteiger partial charge in [-0.1, -0.05) is 61.0 Å². The van der Waals surface area contributed by atoms with Crippen LogP contribution in [0.2, 0.25) is 0 Å². The molecule has 0 spiro atoms. The molecule has 168 valence electrons. The second-order valence-electron chi connectivity index (χ2n) is 9.00. The molecule has 0 amide bonds. The van der Waals surface area contributed by atoms with Crippen molar-refractivity contribution in [3.05, 3.63) is 101 Å². The van der Waals surface area contributed by atoms with Crippen molar-refractivity contribution in [2.75, 3.05) is 17.2 Å². The van der Waals surface area contributed by atoms with E-state index in [4.69, 9.17) is 4.74 Å². The Kier molecular flexibility index (Phi) is 5.91. The van der Waals surface area contributed by atoms with Crippen molar-refractivity contribution in [3.8, 4) is 5.75 Å². The van der Waals surface area contributed by atoms with Gasteiger partial charge in [0, 0.05) is 17.7 Å². The number of anilines is 2. The number of aryl methyl sites for hydroxylation is 1. The highest BCUT2D eigenvalue weighted by atomic mass is 16.5. The highest BCUT2D eigenvalue weighted by Gasteiger charge is 2.36. The van der Waals surface area contributed by atoms with Crippen molar-refractivity contribution in [1.29, 1.82) is 0 Å². The van der Waals surface area contributed by atoms with Gasteiger partial charge in [-0.25, -0.2) is 0 Å². The molecule has 2 atom stereocenters. The van der Waals surface area contributed by atoms with Gasteiger partial charge in [-0.3, -0.25) is 4.79 Å². The lowest BCUT2D eigenvalue weighted by molar-refractivity contribution is -0.116. The Morgan fingerprint density at radius 3 is 2.30 bits per heavy atom. The highest BCUT2D eigenvalue weighted by Crippen LogP contribution is 2.44. The number of rotatable bonds is 5. The molecule has 1 aliphatic carbocycles. The number of para-hydroxylation sites is 2. The van der Waals surface area contributed by atoms with Gasteiger partial charge in [-0.05, 0) is 61.1 Å². The first-order valence-corrected chi connectivity index (χ1v) is 11.8. The van der Waals surface area contributed by atoms with Crippen LogP contribution in [0.3, 0.4) is 0 Å². The van der Waals surface area contributed by atoms with Gasteiger partial charge < -0.3 is 15.4 Å². The predicted molar refractivity (Wildman–Crippen MR) is 134 cm³/mol. The van der Waals surface area contributed by atoms with Crippen LogP contribution in [-0.2, 0) is 4.79 Å². The summed E-state index contributed by atoms with van der Waals surface area (Å²) >= 11 is 0. The van der Waals surface area contributed by atoms with E-state index in [9.17, 15) is 4.79 Å². The number of Topliss-reactive ketones (excluding diaryl/α,β-unsaturated/α-hetero) is 1. The lowest BCUT2D eigenvalue weighted by Gasteiger charge is -2.30. The molecule has 3 aromatic rings. The fraction of sp³-hybridized carbons (Fsp3) is 0.276. The number of hydrogen-bond acceptors (Lipinski definition) is 4. The molecule has 1 aliphatic heterocycles. The summed E-state index contributed by atoms with van der Waals surface area (Å²) in [5, 5.41) is 7.26. The monoisotopic (exact) mass is 438 g/mol. The maximum absolute atomic E-state index is 13.6. The second kappa shape index (κ2) is 9.14. The average Bonchev–Trinajstić information content (AvgIpc) is 3.00. The second-order valence-corrected chi connectivity index (χ2v) is 9.00. The number of nitrogens with one attached hydrogen (secondary N) is 2. The minimum absolute atomic E-state index is 0.181. The zero-order valence-corrected chi connectivity index (χ0v) is 19.2. The molecule has 5 rings (SSSR count). The van der Waals surface area contributed by atoms with Gasteiger partial charge >= 0.3 is 0 Å². The Bertz CT molecular complexity index is 1180. The van der Waals surface area contributed by atoms with E-state index in [-0.39, 0.29) is 17.7 Å². The van der Waals surface area contributed by atoms with E-state index < -0.39 is 0 Å². The molecule has 3 aromatic carbocycles. The molecule has 0 bridgehead atoms. The lowest BCUT2D eigenvalue weighted by atomic mass is 9.78. The number of allylic oxidation sites excluding steroid dienone is 1. The zero-order valence-electron chi connectivity index (χ0n) is 19.2. The number of fused-ring (bicyclic) bond motifs is 1. The van der Waals surface area contributed by atoms with Crippen molar-refractivity contribution < 1.29 is 9.53 Å². The van der Waals surface area contributed by atoms with E-state index in [0.717, 1.165) is 46.8 Å². The smallest absolute Gasteiger partial charge is 0.163 e. The van der Waals surface area contributed by atoms with E-state index in [1.807, 2.05) is 24.3 Å². The highest BCUT2D eigenvalue weighted by molar-refractivity contribution is 6.01. The summed E-state index contributed by atoms with van der Waals surface area (Å²) in [5.74, 6) is 1.24. The van der Waals surface area contributed by atoms with Crippen LogP contribution < -0.4 is 15.4 Å². The van der Waals surface area contributed by atoms with Crippen molar-refractivity contribution in [3.63, 3.8) is 0 Å². The number of ketones is 1. The molecular formula is C29H30N2O2. The van der Waals surface area contributed by atoms with Gasteiger partial charge in [-0.2, -0.15) is 0 Å². The van der Waals surface area contributed by atoms with Crippen molar-refractivity contribution in [2.24, 2.45) is 0 Å². The van der Waals surface area contributed by atoms with E-state index >= 15 is 0 Å². The van der Waals surface area contributed by atoms with Crippen LogP contribution >= 0.6 is 0 Å². The lowest BCUT2D eigenvalue weighted by Crippen LogP contribution is -2.26. The van der Waals surface area contributed by atoms with Gasteiger partial charge in [0.15, 0.2) is 5.78 Å². The molecule has 0 saturated heterocycles. The summed E-state index contributed by atoms with van der Waals surface area (Å²) in [6.07, 6.45) is 2.31. The largest absolute Gasteiger partial charge is 0.494 e. The van der Waals surface area contributed by atoms with Crippen molar-refractivity contribution >= 4 is 17.2 Å². The summed E-state index contributed by atoms with van der Waals surface area (Å²) in [4.78, 5) is 13.6. The van der Waals surface area contributed by atoms with Crippen LogP contribution in [0.4, 0.5) is 11.4 Å². The fourth-order valence-corrected chi connectivity index (χ4v) is 4.79. The van der Waals surface area contributed by atoms with Crippen molar-refractivity contribution in [2.45, 2.75) is 45.1 Å². The first-order chi connectivity index (χ1) is 16.1. The Labute approximate surface area is 195 Å². The molecule has 0 aromatic heterocycles. The van der Waals surface area contributed by atoms with Crippen molar-refractivity contribution in [1.82, 2.24) is 0 Å². The van der Waals surface area contributed by atoms with Crippen LogP contribution in [0.5, 0.6) is 5.75 Å². The van der Waals surface area contributed by atoms with Gasteiger partial charge in [0.05, 0.1) is 24.0 Å². The predicted octanol–water partition coefficient (Wildman–Crippen LogP) is 6.76. The molecule has 4 nitrogen and oxygen atoms in total. The molecule has 0 fully saturated rings. The number of carbonyl (C=O) groups excluding carboxylic acids is 1. The van der Waals surface area contributed by atoms with E-state index in [0.29, 0.717) is 13.0 Å². The van der Waals surface area contributed by atoms with E-state index in [1.165, 1.54) is 11.1 Å². The third-order valence-electron chi connectivity index (χ3n) is 6.54. The van der Waals surface area contributed by atoms with Crippen LogP contribution in [0.1, 0.15) is 54.8 Å². The molecule has 33 heavy (non-hydrogen) atoms. The standard InChI is InChI=1S/C29H30N2O2/c1-3-16-33-23-14-12-21(13-15-23)29-28-26(30-24-6-4-5-7-25(24)31-29)17-22(18-27(28)32)20-10-8-19(2)9-11-20/h4-15,22,29-31H,3,16-18H2,1-2H3/t22-,29+/m1/s1. The first kappa shape index (κ1) is 21.3. The number of hydrogen-bond donors (Lipinski definition) is 2. The first-order valence-electron chi connectivity index (χ1n) is 11.8. The summed E-state index contributed by atoms with van der Waals surface area (Å²) < 4.78 is 5.77. The van der Waals surface area contributed by atoms with Gasteiger partial charge in [0.1, 0.15) is 5.75 Å². The summed E-state index contributed by atoms with van der Waals surface area (Å²) in [6.45, 7) is 4.89. The molecule has 4 heteroatoms. The normalized spacial score (nSPS) is 19.6. The van der Waals surface area contributed by atoms with E-state index in [2.05, 4.69) is 73.0 Å². The minimum atomic E-state index is -0.206. The van der Waals surface area contributed by atoms with E-state index in [1.54, 1.807) is 0 Å². The van der Waals surface area contributed by atoms with Gasteiger partial charge in [0.2, 0.25) is 0 Å². The summed E-state index contributed by atoms with van der Waals surface area (Å²) in [5.41, 5.74) is 7.39. The SMILES string of the molecule is CCCOc1ccc([C@@H]2Nc3ccccc3NC3=C2C(=O)C[C@H](c2ccc(C)cc2)C3)cc1. The Morgan fingerprint density at radius 2 is 1.58 bits per heavy atom. The molecule has 2 N–H and O–H groups in total. The number of carbonyl (C=O) groups is 1. The third-order valence-corrected chi connectivity index (χ3v) is 6.54. The topological polar surface area (TPSA) is 50.4 Å². The van der Waals surface area contributed by atoms with Crippen LogP contribution in [-0.4, -0.2) is 12.4 Å². The Balaban J connectivity index is 1.53. The molecule has 2 aliphatic rings. The molecule has 0 radical (unpaired) electrons. The maximum Gasteiger partial charge on any atom is 0.163 e.